The van der Waals surface area contributed by atoms with E-state index in [4.69, 9.17) is 0 Å². The zero-order valence-electron chi connectivity index (χ0n) is 12.6. The molecular formula is C15H22N4OS. The van der Waals surface area contributed by atoms with E-state index < -0.39 is 5.60 Å². The van der Waals surface area contributed by atoms with Crippen LogP contribution >= 0.6 is 11.3 Å². The minimum absolute atomic E-state index is 0.553. The maximum Gasteiger partial charge on any atom is 0.225 e. The van der Waals surface area contributed by atoms with Gasteiger partial charge in [0.2, 0.25) is 5.95 Å². The maximum atomic E-state index is 10.6. The van der Waals surface area contributed by atoms with Gasteiger partial charge >= 0.3 is 0 Å². The number of aliphatic hydroxyl groups is 1. The number of rotatable bonds is 4. The van der Waals surface area contributed by atoms with E-state index in [0.29, 0.717) is 12.5 Å². The Morgan fingerprint density at radius 1 is 1.29 bits per heavy atom. The molecule has 2 heterocycles. The van der Waals surface area contributed by atoms with Crippen molar-refractivity contribution in [2.24, 2.45) is 0 Å². The summed E-state index contributed by atoms with van der Waals surface area (Å²) < 4.78 is 0. The van der Waals surface area contributed by atoms with Gasteiger partial charge in [-0.15, -0.1) is 11.3 Å². The second-order valence-corrected chi connectivity index (χ2v) is 7.10. The maximum absolute atomic E-state index is 10.6. The van der Waals surface area contributed by atoms with Gasteiger partial charge in [-0.2, -0.15) is 4.98 Å². The van der Waals surface area contributed by atoms with Crippen LogP contribution in [0.15, 0.2) is 6.07 Å². The molecule has 1 saturated carbocycles. The second kappa shape index (κ2) is 5.77. The zero-order valence-corrected chi connectivity index (χ0v) is 13.4. The number of hydrogen-bond acceptors (Lipinski definition) is 6. The van der Waals surface area contributed by atoms with Gasteiger partial charge < -0.3 is 15.7 Å². The number of anilines is 2. The molecule has 2 aromatic heterocycles. The predicted octanol–water partition coefficient (Wildman–Crippen LogP) is 3.15. The Morgan fingerprint density at radius 3 is 2.76 bits per heavy atom. The summed E-state index contributed by atoms with van der Waals surface area (Å²) in [5, 5.41) is 18.0. The van der Waals surface area contributed by atoms with Gasteiger partial charge in [-0.1, -0.05) is 19.3 Å². The molecule has 1 fully saturated rings. The summed E-state index contributed by atoms with van der Waals surface area (Å²) in [6.45, 7) is 2.63. The highest BCUT2D eigenvalue weighted by atomic mass is 32.1. The molecule has 5 nitrogen and oxygen atoms in total. The van der Waals surface area contributed by atoms with E-state index in [1.165, 1.54) is 11.3 Å². The molecule has 3 N–H and O–H groups in total. The number of fused-ring (bicyclic) bond motifs is 1. The summed E-state index contributed by atoms with van der Waals surface area (Å²) in [5.74, 6) is 1.43. The van der Waals surface area contributed by atoms with Crippen LogP contribution < -0.4 is 10.6 Å². The second-order valence-electron chi connectivity index (χ2n) is 5.86. The number of aryl methyl sites for hydroxylation is 1. The van der Waals surface area contributed by atoms with E-state index in [2.05, 4.69) is 33.6 Å². The first-order valence-electron chi connectivity index (χ1n) is 7.52. The van der Waals surface area contributed by atoms with Crippen molar-refractivity contribution in [2.75, 3.05) is 24.2 Å². The number of nitrogens with one attached hydrogen (secondary N) is 2. The lowest BCUT2D eigenvalue weighted by Gasteiger charge is -2.32. The summed E-state index contributed by atoms with van der Waals surface area (Å²) in [4.78, 5) is 11.2. The molecule has 0 aromatic carbocycles. The topological polar surface area (TPSA) is 70.1 Å². The van der Waals surface area contributed by atoms with E-state index in [1.54, 1.807) is 11.3 Å². The van der Waals surface area contributed by atoms with Crippen LogP contribution in [-0.2, 0) is 0 Å². The first-order valence-corrected chi connectivity index (χ1v) is 8.33. The van der Waals surface area contributed by atoms with Crippen molar-refractivity contribution in [3.05, 3.63) is 10.9 Å². The molecular weight excluding hydrogens is 284 g/mol. The molecule has 0 aliphatic heterocycles. The van der Waals surface area contributed by atoms with Crippen molar-refractivity contribution < 1.29 is 5.11 Å². The van der Waals surface area contributed by atoms with Gasteiger partial charge in [0, 0.05) is 18.5 Å². The summed E-state index contributed by atoms with van der Waals surface area (Å²) in [5.41, 5.74) is -0.597. The summed E-state index contributed by atoms with van der Waals surface area (Å²) in [7, 11) is 1.82. The van der Waals surface area contributed by atoms with E-state index in [9.17, 15) is 5.11 Å². The largest absolute Gasteiger partial charge is 0.388 e. The van der Waals surface area contributed by atoms with Gasteiger partial charge in [0.15, 0.2) is 0 Å². The average Bonchev–Trinajstić information content (AvgIpc) is 2.85. The van der Waals surface area contributed by atoms with E-state index in [1.807, 2.05) is 7.05 Å². The van der Waals surface area contributed by atoms with Gasteiger partial charge in [-0.05, 0) is 25.8 Å². The summed E-state index contributed by atoms with van der Waals surface area (Å²) >= 11 is 1.66. The molecule has 0 bridgehead atoms. The summed E-state index contributed by atoms with van der Waals surface area (Å²) in [6, 6.07) is 2.10. The van der Waals surface area contributed by atoms with Crippen LogP contribution in [0, 0.1) is 6.92 Å². The zero-order chi connectivity index (χ0) is 14.9. The van der Waals surface area contributed by atoms with Crippen LogP contribution in [0.2, 0.25) is 0 Å². The van der Waals surface area contributed by atoms with Crippen molar-refractivity contribution in [1.29, 1.82) is 0 Å². The lowest BCUT2D eigenvalue weighted by molar-refractivity contribution is 0.0167. The first kappa shape index (κ1) is 14.5. The Hall–Kier alpha value is -1.40. The van der Waals surface area contributed by atoms with Crippen molar-refractivity contribution in [2.45, 2.75) is 44.6 Å². The lowest BCUT2D eigenvalue weighted by atomic mass is 9.85. The molecule has 0 spiro atoms. The van der Waals surface area contributed by atoms with Crippen LogP contribution in [0.5, 0.6) is 0 Å². The molecule has 0 amide bonds. The van der Waals surface area contributed by atoms with E-state index in [0.717, 1.165) is 41.7 Å². The average molecular weight is 306 g/mol. The number of aromatic nitrogens is 2. The lowest BCUT2D eigenvalue weighted by Crippen LogP contribution is -2.39. The fourth-order valence-corrected chi connectivity index (χ4v) is 3.80. The number of hydrogen-bond donors (Lipinski definition) is 3. The monoisotopic (exact) mass is 306 g/mol. The van der Waals surface area contributed by atoms with Gasteiger partial charge in [0.1, 0.15) is 10.6 Å². The predicted molar refractivity (Wildman–Crippen MR) is 88.2 cm³/mol. The number of nitrogens with zero attached hydrogens (tertiary/aromatic N) is 2. The molecule has 0 saturated heterocycles. The van der Waals surface area contributed by atoms with E-state index in [-0.39, 0.29) is 0 Å². The Morgan fingerprint density at radius 2 is 2.05 bits per heavy atom. The minimum atomic E-state index is -0.597. The van der Waals surface area contributed by atoms with Gasteiger partial charge in [0.25, 0.3) is 0 Å². The van der Waals surface area contributed by atoms with Crippen molar-refractivity contribution in [1.82, 2.24) is 9.97 Å². The third-order valence-electron chi connectivity index (χ3n) is 4.11. The highest BCUT2D eigenvalue weighted by molar-refractivity contribution is 7.18. The molecule has 6 heteroatoms. The van der Waals surface area contributed by atoms with Crippen LogP contribution in [0.1, 0.15) is 37.0 Å². The minimum Gasteiger partial charge on any atom is -0.388 e. The molecule has 1 aliphatic carbocycles. The fourth-order valence-electron chi connectivity index (χ4n) is 2.92. The normalized spacial score (nSPS) is 17.9. The van der Waals surface area contributed by atoms with Crippen LogP contribution in [0.4, 0.5) is 11.8 Å². The fraction of sp³-hybridized carbons (Fsp3) is 0.600. The number of thiophene rings is 1. The molecule has 21 heavy (non-hydrogen) atoms. The van der Waals surface area contributed by atoms with Gasteiger partial charge in [-0.25, -0.2) is 4.98 Å². The molecule has 1 aliphatic rings. The first-order chi connectivity index (χ1) is 10.1. The van der Waals surface area contributed by atoms with Crippen molar-refractivity contribution in [3.8, 4) is 0 Å². The third kappa shape index (κ3) is 3.11. The molecule has 0 unspecified atom stereocenters. The molecule has 0 radical (unpaired) electrons. The van der Waals surface area contributed by atoms with Crippen LogP contribution in [-0.4, -0.2) is 34.3 Å². The molecule has 3 rings (SSSR count). The molecule has 0 atom stereocenters. The Labute approximate surface area is 128 Å². The van der Waals surface area contributed by atoms with Crippen LogP contribution in [0.25, 0.3) is 10.2 Å². The highest BCUT2D eigenvalue weighted by Crippen LogP contribution is 2.32. The Kier molecular flexibility index (Phi) is 3.99. The van der Waals surface area contributed by atoms with Gasteiger partial charge in [-0.3, -0.25) is 0 Å². The Balaban J connectivity index is 1.85. The van der Waals surface area contributed by atoms with E-state index >= 15 is 0 Å². The van der Waals surface area contributed by atoms with Crippen molar-refractivity contribution >= 4 is 33.3 Å². The van der Waals surface area contributed by atoms with Crippen LogP contribution in [0.3, 0.4) is 0 Å². The third-order valence-corrected chi connectivity index (χ3v) is 5.05. The summed E-state index contributed by atoms with van der Waals surface area (Å²) in [6.07, 6.45) is 5.19. The van der Waals surface area contributed by atoms with Crippen molar-refractivity contribution in [3.63, 3.8) is 0 Å². The Bertz CT molecular complexity index is 634. The molecule has 114 valence electrons. The highest BCUT2D eigenvalue weighted by Gasteiger charge is 2.29. The standard InChI is InChI=1S/C15H22N4OS/c1-10-8-11-12(18-14(16-2)19-13(11)21-10)17-9-15(20)6-4-3-5-7-15/h8,20H,3-7,9H2,1-2H3,(H2,16,17,18,19). The smallest absolute Gasteiger partial charge is 0.225 e. The quantitative estimate of drug-likeness (QED) is 0.809. The molecule has 2 aromatic rings. The SMILES string of the molecule is CNc1nc(NCC2(O)CCCCC2)c2cc(C)sc2n1. The van der Waals surface area contributed by atoms with Gasteiger partial charge in [0.05, 0.1) is 11.0 Å².